The van der Waals surface area contributed by atoms with Gasteiger partial charge in [0.15, 0.2) is 0 Å². The zero-order valence-electron chi connectivity index (χ0n) is 17.5. The lowest BCUT2D eigenvalue weighted by Gasteiger charge is -2.29. The Balaban J connectivity index is 1.25. The third-order valence-corrected chi connectivity index (χ3v) is 8.08. The van der Waals surface area contributed by atoms with E-state index < -0.39 is 0 Å². The Morgan fingerprint density at radius 1 is 0.857 bits per heavy atom. The van der Waals surface area contributed by atoms with Gasteiger partial charge in [0.1, 0.15) is 0 Å². The number of unbranched alkanes of at least 4 members (excludes halogenated alkanes) is 1. The highest BCUT2D eigenvalue weighted by molar-refractivity contribution is 6.29. The summed E-state index contributed by atoms with van der Waals surface area (Å²) in [4.78, 5) is 8.11. The molecular formula is C23H37Cl2N3. The summed E-state index contributed by atoms with van der Waals surface area (Å²) in [5.41, 5.74) is 0. The molecule has 0 spiro atoms. The molecule has 4 atom stereocenters. The number of hydrogen-bond donors (Lipinski definition) is 0. The van der Waals surface area contributed by atoms with Gasteiger partial charge in [0, 0.05) is 49.3 Å². The van der Waals surface area contributed by atoms with E-state index in [1.54, 1.807) is 0 Å². The van der Waals surface area contributed by atoms with E-state index in [-0.39, 0.29) is 0 Å². The van der Waals surface area contributed by atoms with E-state index in [0.717, 1.165) is 53.2 Å². The van der Waals surface area contributed by atoms with E-state index in [0.29, 0.717) is 0 Å². The van der Waals surface area contributed by atoms with Gasteiger partial charge in [0.25, 0.3) is 0 Å². The maximum Gasteiger partial charge on any atom is 0.0506 e. The smallest absolute Gasteiger partial charge is 0.0506 e. The minimum absolute atomic E-state index is 0.782. The zero-order valence-corrected chi connectivity index (χ0v) is 19.0. The van der Waals surface area contributed by atoms with E-state index >= 15 is 0 Å². The van der Waals surface area contributed by atoms with Gasteiger partial charge in [-0.05, 0) is 62.3 Å². The fourth-order valence-electron chi connectivity index (χ4n) is 5.79. The molecule has 2 saturated heterocycles. The summed E-state index contributed by atoms with van der Waals surface area (Å²) in [5, 5.41) is 2.19. The maximum absolute atomic E-state index is 6.30. The number of rotatable bonds is 8. The number of fused-ring (bicyclic) bond motifs is 2. The Bertz CT molecular complexity index is 590. The van der Waals surface area contributed by atoms with E-state index in [4.69, 9.17) is 23.2 Å². The Kier molecular flexibility index (Phi) is 7.44. The third kappa shape index (κ3) is 5.35. The Morgan fingerprint density at radius 2 is 1.43 bits per heavy atom. The van der Waals surface area contributed by atoms with Crippen LogP contribution in [0.25, 0.3) is 0 Å². The number of nitrogens with zero attached hydrogens (tertiary/aromatic N) is 3. The summed E-state index contributed by atoms with van der Waals surface area (Å²) in [6.45, 7) is 12.1. The molecule has 158 valence electrons. The highest BCUT2D eigenvalue weighted by Gasteiger charge is 2.36. The summed E-state index contributed by atoms with van der Waals surface area (Å²) in [7, 11) is 0. The molecule has 0 aromatic carbocycles. The standard InChI is InChI=1S/C23H37Cl2N3/c1-2-3-8-26(17-28-14-19-5-7-23(25)12-21(19)16-28)9-10-27-13-18-4-6-22(24)11-20(18)15-27/h6-7,18-21H,2-5,8-17H2,1H3/t18-,19-,20+,21-/m0/s1. The Morgan fingerprint density at radius 3 is 2.07 bits per heavy atom. The van der Waals surface area contributed by atoms with Crippen LogP contribution in [0.1, 0.15) is 45.4 Å². The quantitative estimate of drug-likeness (QED) is 0.542. The van der Waals surface area contributed by atoms with Crippen molar-refractivity contribution in [3.63, 3.8) is 0 Å². The molecule has 0 aromatic heterocycles. The van der Waals surface area contributed by atoms with Crippen LogP contribution in [0.3, 0.4) is 0 Å². The molecule has 0 amide bonds. The Labute approximate surface area is 181 Å². The molecule has 0 saturated carbocycles. The van der Waals surface area contributed by atoms with Crippen molar-refractivity contribution in [3.8, 4) is 0 Å². The van der Waals surface area contributed by atoms with E-state index in [1.807, 2.05) is 0 Å². The summed E-state index contributed by atoms with van der Waals surface area (Å²) in [5.74, 6) is 3.24. The summed E-state index contributed by atoms with van der Waals surface area (Å²) < 4.78 is 0. The highest BCUT2D eigenvalue weighted by Crippen LogP contribution is 2.38. The van der Waals surface area contributed by atoms with Crippen LogP contribution < -0.4 is 0 Å². The van der Waals surface area contributed by atoms with Crippen LogP contribution in [0, 0.1) is 23.7 Å². The molecule has 4 rings (SSSR count). The third-order valence-electron chi connectivity index (χ3n) is 7.46. The lowest BCUT2D eigenvalue weighted by atomic mass is 9.86. The molecule has 0 unspecified atom stereocenters. The van der Waals surface area contributed by atoms with Crippen molar-refractivity contribution in [1.29, 1.82) is 0 Å². The molecule has 2 aliphatic carbocycles. The molecular weight excluding hydrogens is 389 g/mol. The summed E-state index contributed by atoms with van der Waals surface area (Å²) in [6.07, 6.45) is 11.7. The normalized spacial score (nSPS) is 33.7. The molecule has 0 aromatic rings. The number of hydrogen-bond acceptors (Lipinski definition) is 3. The van der Waals surface area contributed by atoms with Crippen LogP contribution in [0.4, 0.5) is 0 Å². The zero-order chi connectivity index (χ0) is 19.5. The first-order valence-corrected chi connectivity index (χ1v) is 12.2. The molecule has 0 bridgehead atoms. The van der Waals surface area contributed by atoms with Gasteiger partial charge in [-0.3, -0.25) is 9.80 Å². The maximum atomic E-state index is 6.30. The average Bonchev–Trinajstić information content (AvgIpc) is 3.25. The van der Waals surface area contributed by atoms with Gasteiger partial charge >= 0.3 is 0 Å². The van der Waals surface area contributed by atoms with Crippen LogP contribution in [-0.4, -0.2) is 67.2 Å². The average molecular weight is 426 g/mol. The van der Waals surface area contributed by atoms with E-state index in [1.165, 1.54) is 71.5 Å². The van der Waals surface area contributed by atoms with Gasteiger partial charge < -0.3 is 4.90 Å². The summed E-state index contributed by atoms with van der Waals surface area (Å²) >= 11 is 12.6. The molecule has 5 heteroatoms. The first-order chi connectivity index (χ1) is 13.6. The van der Waals surface area contributed by atoms with Gasteiger partial charge in [0.05, 0.1) is 6.67 Å². The second-order valence-corrected chi connectivity index (χ2v) is 10.6. The number of likely N-dealkylation sites (tertiary alicyclic amines) is 2. The lowest BCUT2D eigenvalue weighted by Crippen LogP contribution is -2.41. The SMILES string of the molecule is CCCCN(CCN1C[C@H]2CC(Cl)=CC[C@H]2C1)CN1C[C@@H]2CC=C(Cl)C[C@H]2C1. The highest BCUT2D eigenvalue weighted by atomic mass is 35.5. The first kappa shape index (κ1) is 21.2. The molecule has 28 heavy (non-hydrogen) atoms. The fraction of sp³-hybridized carbons (Fsp3) is 0.826. The van der Waals surface area contributed by atoms with E-state index in [9.17, 15) is 0 Å². The van der Waals surface area contributed by atoms with Crippen molar-refractivity contribution in [2.24, 2.45) is 23.7 Å². The van der Waals surface area contributed by atoms with Crippen molar-refractivity contribution < 1.29 is 0 Å². The number of allylic oxidation sites excluding steroid dienone is 4. The fourth-order valence-corrected chi connectivity index (χ4v) is 6.37. The number of halogens is 2. The molecule has 4 aliphatic rings. The molecule has 2 fully saturated rings. The van der Waals surface area contributed by atoms with Crippen molar-refractivity contribution in [2.45, 2.75) is 45.4 Å². The monoisotopic (exact) mass is 425 g/mol. The largest absolute Gasteiger partial charge is 0.301 e. The van der Waals surface area contributed by atoms with Crippen LogP contribution in [0.2, 0.25) is 0 Å². The van der Waals surface area contributed by atoms with Crippen LogP contribution >= 0.6 is 23.2 Å². The van der Waals surface area contributed by atoms with Crippen molar-refractivity contribution in [2.75, 3.05) is 52.5 Å². The van der Waals surface area contributed by atoms with E-state index in [2.05, 4.69) is 33.8 Å². The Hall–Kier alpha value is -0.0600. The van der Waals surface area contributed by atoms with Crippen molar-refractivity contribution >= 4 is 23.2 Å². The predicted octanol–water partition coefficient (Wildman–Crippen LogP) is 4.98. The van der Waals surface area contributed by atoms with Gasteiger partial charge in [0.2, 0.25) is 0 Å². The lowest BCUT2D eigenvalue weighted by molar-refractivity contribution is 0.131. The van der Waals surface area contributed by atoms with Crippen molar-refractivity contribution in [3.05, 3.63) is 22.2 Å². The summed E-state index contributed by atoms with van der Waals surface area (Å²) in [6, 6.07) is 0. The van der Waals surface area contributed by atoms with Crippen LogP contribution in [0.15, 0.2) is 22.2 Å². The molecule has 0 N–H and O–H groups in total. The molecule has 3 nitrogen and oxygen atoms in total. The van der Waals surface area contributed by atoms with Gasteiger partial charge in [-0.1, -0.05) is 48.7 Å². The van der Waals surface area contributed by atoms with Gasteiger partial charge in [-0.25, -0.2) is 0 Å². The first-order valence-electron chi connectivity index (χ1n) is 11.5. The molecule has 0 radical (unpaired) electrons. The molecule has 2 heterocycles. The van der Waals surface area contributed by atoms with Crippen molar-refractivity contribution in [1.82, 2.24) is 14.7 Å². The van der Waals surface area contributed by atoms with Crippen LogP contribution in [0.5, 0.6) is 0 Å². The van der Waals surface area contributed by atoms with Gasteiger partial charge in [-0.15, -0.1) is 0 Å². The second kappa shape index (κ2) is 9.83. The molecule has 2 aliphatic heterocycles. The van der Waals surface area contributed by atoms with Gasteiger partial charge in [-0.2, -0.15) is 0 Å². The topological polar surface area (TPSA) is 9.72 Å². The second-order valence-electron chi connectivity index (χ2n) is 9.63. The minimum Gasteiger partial charge on any atom is -0.301 e. The predicted molar refractivity (Wildman–Crippen MR) is 120 cm³/mol. The minimum atomic E-state index is 0.782. The van der Waals surface area contributed by atoms with Crippen LogP contribution in [-0.2, 0) is 0 Å².